The lowest BCUT2D eigenvalue weighted by molar-refractivity contribution is -0.386. The van der Waals surface area contributed by atoms with Gasteiger partial charge >= 0.3 is 5.69 Å². The predicted molar refractivity (Wildman–Crippen MR) is 67.4 cm³/mol. The van der Waals surface area contributed by atoms with Gasteiger partial charge in [-0.25, -0.2) is 0 Å². The molecule has 1 aromatic carbocycles. The molecule has 0 spiro atoms. The number of nitrogens with zero attached hydrogens (tertiary/aromatic N) is 2. The first-order chi connectivity index (χ1) is 9.47. The maximum Gasteiger partial charge on any atom is 0.326 e. The lowest BCUT2D eigenvalue weighted by Crippen LogP contribution is -2.15. The fourth-order valence-electron chi connectivity index (χ4n) is 2.55. The molecule has 2 N–H and O–H groups in total. The zero-order chi connectivity index (χ0) is 14.9. The van der Waals surface area contributed by atoms with E-state index in [1.54, 1.807) is 6.07 Å². The van der Waals surface area contributed by atoms with Gasteiger partial charge in [-0.2, -0.15) is 5.26 Å². The number of hydrogen-bond donors (Lipinski definition) is 2. The Labute approximate surface area is 114 Å². The second-order valence-electron chi connectivity index (χ2n) is 4.73. The highest BCUT2D eigenvalue weighted by Gasteiger charge is 2.35. The van der Waals surface area contributed by atoms with Gasteiger partial charge in [-0.3, -0.25) is 14.9 Å². The zero-order valence-electron chi connectivity index (χ0n) is 10.5. The molecule has 20 heavy (non-hydrogen) atoms. The number of rotatable bonds is 3. The van der Waals surface area contributed by atoms with E-state index < -0.39 is 33.5 Å². The summed E-state index contributed by atoms with van der Waals surface area (Å²) in [5, 5.41) is 39.1. The molecule has 1 aliphatic rings. The molecule has 1 aromatic rings. The number of ketones is 1. The van der Waals surface area contributed by atoms with Gasteiger partial charge < -0.3 is 10.2 Å². The third-order valence-electron chi connectivity index (χ3n) is 3.53. The number of hydrogen-bond acceptors (Lipinski definition) is 6. The third-order valence-corrected chi connectivity index (χ3v) is 3.53. The molecule has 0 bridgehead atoms. The average molecular weight is 276 g/mol. The summed E-state index contributed by atoms with van der Waals surface area (Å²) in [5.41, 5.74) is -1.58. The highest BCUT2D eigenvalue weighted by Crippen LogP contribution is 2.42. The minimum absolute atomic E-state index is 0.288. The van der Waals surface area contributed by atoms with E-state index in [2.05, 4.69) is 0 Å². The van der Waals surface area contributed by atoms with Crippen LogP contribution in [-0.4, -0.2) is 20.9 Å². The molecular weight excluding hydrogens is 264 g/mol. The molecule has 0 radical (unpaired) electrons. The van der Waals surface area contributed by atoms with Crippen molar-refractivity contribution >= 4 is 11.5 Å². The first-order valence-electron chi connectivity index (χ1n) is 6.15. The number of phenolic OH excluding ortho intramolecular Hbond substituents is 2. The quantitative estimate of drug-likeness (QED) is 0.377. The Morgan fingerprint density at radius 2 is 2.00 bits per heavy atom. The van der Waals surface area contributed by atoms with Crippen LogP contribution in [0.1, 0.15) is 41.6 Å². The standard InChI is InChI=1S/C13H12N2O5/c14-6-8-5-9(16)13(18)11(15(19)20)10(8)12(17)7-3-1-2-4-7/h5,7,16,18H,1-4H2. The molecule has 7 nitrogen and oxygen atoms in total. The number of benzene rings is 1. The summed E-state index contributed by atoms with van der Waals surface area (Å²) in [5.74, 6) is -2.64. The van der Waals surface area contributed by atoms with Crippen molar-refractivity contribution in [2.24, 2.45) is 5.92 Å². The van der Waals surface area contributed by atoms with Crippen molar-refractivity contribution < 1.29 is 19.9 Å². The normalized spacial score (nSPS) is 14.9. The fraction of sp³-hybridized carbons (Fsp3) is 0.385. The van der Waals surface area contributed by atoms with Gasteiger partial charge in [-0.05, 0) is 12.8 Å². The summed E-state index contributed by atoms with van der Waals surface area (Å²) in [6, 6.07) is 2.55. The molecule has 2 rings (SSSR count). The van der Waals surface area contributed by atoms with Crippen molar-refractivity contribution in [2.45, 2.75) is 25.7 Å². The van der Waals surface area contributed by atoms with Crippen LogP contribution in [0.4, 0.5) is 5.69 Å². The summed E-state index contributed by atoms with van der Waals surface area (Å²) in [7, 11) is 0. The molecule has 104 valence electrons. The van der Waals surface area contributed by atoms with Gasteiger partial charge in [0.1, 0.15) is 11.6 Å². The van der Waals surface area contributed by atoms with E-state index in [0.717, 1.165) is 18.9 Å². The van der Waals surface area contributed by atoms with Gasteiger partial charge in [0, 0.05) is 12.0 Å². The molecule has 1 saturated carbocycles. The first kappa shape index (κ1) is 13.8. The lowest BCUT2D eigenvalue weighted by Gasteiger charge is -2.11. The Kier molecular flexibility index (Phi) is 3.57. The summed E-state index contributed by atoms with van der Waals surface area (Å²) in [4.78, 5) is 22.5. The molecule has 0 atom stereocenters. The van der Waals surface area contributed by atoms with Crippen molar-refractivity contribution in [3.8, 4) is 17.6 Å². The van der Waals surface area contributed by atoms with Crippen molar-refractivity contribution in [1.82, 2.24) is 0 Å². The third kappa shape index (κ3) is 2.16. The van der Waals surface area contributed by atoms with Gasteiger partial charge in [0.2, 0.25) is 5.75 Å². The van der Waals surface area contributed by atoms with Crippen molar-refractivity contribution in [3.63, 3.8) is 0 Å². The number of carbonyl (C=O) groups is 1. The number of phenols is 2. The molecule has 7 heteroatoms. The van der Waals surface area contributed by atoms with Crippen LogP contribution in [0.25, 0.3) is 0 Å². The molecular formula is C13H12N2O5. The molecule has 0 unspecified atom stereocenters. The molecule has 0 amide bonds. The second-order valence-corrected chi connectivity index (χ2v) is 4.73. The first-order valence-corrected chi connectivity index (χ1v) is 6.15. The monoisotopic (exact) mass is 276 g/mol. The van der Waals surface area contributed by atoms with Crippen LogP contribution < -0.4 is 0 Å². The molecule has 0 heterocycles. The van der Waals surface area contributed by atoms with E-state index in [4.69, 9.17) is 5.26 Å². The van der Waals surface area contributed by atoms with Crippen LogP contribution in [-0.2, 0) is 0 Å². The van der Waals surface area contributed by atoms with Crippen LogP contribution in [0.2, 0.25) is 0 Å². The van der Waals surface area contributed by atoms with Gasteiger partial charge in [0.25, 0.3) is 0 Å². The fourth-order valence-corrected chi connectivity index (χ4v) is 2.55. The Hall–Kier alpha value is -2.62. The summed E-state index contributed by atoms with van der Waals surface area (Å²) >= 11 is 0. The largest absolute Gasteiger partial charge is 0.504 e. The van der Waals surface area contributed by atoms with Crippen LogP contribution >= 0.6 is 0 Å². The zero-order valence-corrected chi connectivity index (χ0v) is 10.5. The van der Waals surface area contributed by atoms with E-state index in [1.165, 1.54) is 0 Å². The minimum atomic E-state index is -0.977. The number of nitriles is 1. The Balaban J connectivity index is 2.66. The Bertz CT molecular complexity index is 627. The van der Waals surface area contributed by atoms with E-state index in [1.807, 2.05) is 0 Å². The van der Waals surface area contributed by atoms with Gasteiger partial charge in [0.05, 0.1) is 10.5 Å². The Morgan fingerprint density at radius 1 is 1.40 bits per heavy atom. The lowest BCUT2D eigenvalue weighted by atomic mass is 9.91. The average Bonchev–Trinajstić information content (AvgIpc) is 2.93. The Morgan fingerprint density at radius 3 is 2.50 bits per heavy atom. The van der Waals surface area contributed by atoms with Crippen molar-refractivity contribution in [3.05, 3.63) is 27.3 Å². The van der Waals surface area contributed by atoms with Crippen LogP contribution in [0.3, 0.4) is 0 Å². The predicted octanol–water partition coefficient (Wildman–Crippen LogP) is 2.25. The molecule has 1 fully saturated rings. The van der Waals surface area contributed by atoms with E-state index in [-0.39, 0.29) is 11.5 Å². The van der Waals surface area contributed by atoms with Crippen LogP contribution in [0, 0.1) is 27.4 Å². The van der Waals surface area contributed by atoms with E-state index >= 15 is 0 Å². The SMILES string of the molecule is N#Cc1cc(O)c(O)c([N+](=O)[O-])c1C(=O)C1CCCC1. The summed E-state index contributed by atoms with van der Waals surface area (Å²) < 4.78 is 0. The maximum absolute atomic E-state index is 12.4. The molecule has 0 saturated heterocycles. The van der Waals surface area contributed by atoms with Crippen molar-refractivity contribution in [1.29, 1.82) is 5.26 Å². The smallest absolute Gasteiger partial charge is 0.326 e. The van der Waals surface area contributed by atoms with Crippen molar-refractivity contribution in [2.75, 3.05) is 0 Å². The molecule has 0 aliphatic heterocycles. The minimum Gasteiger partial charge on any atom is -0.504 e. The maximum atomic E-state index is 12.4. The second kappa shape index (κ2) is 5.17. The summed E-state index contributed by atoms with van der Waals surface area (Å²) in [6.45, 7) is 0. The van der Waals surface area contributed by atoms with Crippen LogP contribution in [0.15, 0.2) is 6.07 Å². The number of nitro benzene ring substituents is 1. The highest BCUT2D eigenvalue weighted by atomic mass is 16.6. The molecule has 0 aromatic heterocycles. The van der Waals surface area contributed by atoms with E-state index in [0.29, 0.717) is 12.8 Å². The molecule has 1 aliphatic carbocycles. The summed E-state index contributed by atoms with van der Waals surface area (Å²) in [6.07, 6.45) is 2.94. The van der Waals surface area contributed by atoms with E-state index in [9.17, 15) is 25.1 Å². The van der Waals surface area contributed by atoms with Crippen LogP contribution in [0.5, 0.6) is 11.5 Å². The number of Topliss-reactive ketones (excluding diaryl/α,β-unsaturated/α-hetero) is 1. The number of aromatic hydroxyl groups is 2. The number of nitro groups is 1. The van der Waals surface area contributed by atoms with Gasteiger partial charge in [-0.1, -0.05) is 12.8 Å². The van der Waals surface area contributed by atoms with Gasteiger partial charge in [-0.15, -0.1) is 0 Å². The number of carbonyl (C=O) groups excluding carboxylic acids is 1. The topological polar surface area (TPSA) is 124 Å². The highest BCUT2D eigenvalue weighted by molar-refractivity contribution is 6.05. The van der Waals surface area contributed by atoms with Gasteiger partial charge in [0.15, 0.2) is 11.5 Å².